The lowest BCUT2D eigenvalue weighted by atomic mass is 9.84. The number of fused-ring (bicyclic) bond motifs is 2. The molecule has 2 aliphatic carbocycles. The van der Waals surface area contributed by atoms with E-state index < -0.39 is 24.3 Å². The Kier molecular flexibility index (Phi) is 7.59. The number of nitrogens with one attached hydrogen (secondary N) is 1. The second-order valence-electron chi connectivity index (χ2n) is 9.38. The monoisotopic (exact) mass is 444 g/mol. The largest absolute Gasteiger partial charge is 0.388 e. The normalized spacial score (nSPS) is 21.8. The number of carbonyl (C=O) groups excluding carboxylic acids is 2. The van der Waals surface area contributed by atoms with Crippen LogP contribution in [-0.2, 0) is 11.2 Å². The summed E-state index contributed by atoms with van der Waals surface area (Å²) in [6.07, 6.45) is 8.30. The zero-order chi connectivity index (χ0) is 23.2. The minimum Gasteiger partial charge on any atom is -0.388 e. The molecule has 1 amide bonds. The minimum absolute atomic E-state index is 0.0605. The fourth-order valence-corrected chi connectivity index (χ4v) is 5.31. The smallest absolute Gasteiger partial charge is 0.251 e. The highest BCUT2D eigenvalue weighted by molar-refractivity contribution is 5.98. The quantitative estimate of drug-likeness (QED) is 0.546. The number of amides is 1. The molecule has 5 nitrogen and oxygen atoms in total. The van der Waals surface area contributed by atoms with Gasteiger partial charge in [0.15, 0.2) is 5.78 Å². The Hall–Kier alpha value is -2.94. The summed E-state index contributed by atoms with van der Waals surface area (Å²) in [5, 5.41) is 11.5. The van der Waals surface area contributed by atoms with Crippen molar-refractivity contribution in [2.45, 2.75) is 44.6 Å². The number of aliphatic hydroxyl groups is 1. The third kappa shape index (κ3) is 5.90. The highest BCUT2D eigenvalue weighted by Gasteiger charge is 2.38. The predicted octanol–water partition coefficient (Wildman–Crippen LogP) is 3.07. The standard InChI is InChI=1S/C28H32N2O3/c29-17-26(27(32)18-31)30-28(33)23-11-7-21(8-12-23)6-3-19-1-4-20(5-2-19)9-13-24-15-22-10-14-25(24)16-22/h1-2,4-5,7-8,11-12,22,24-26,31H,9-10,13-18,29H2,(H,30,33)/t22-,24-,25-,26+/m1/s1. The lowest BCUT2D eigenvalue weighted by molar-refractivity contribution is -0.123. The van der Waals surface area contributed by atoms with Crippen molar-refractivity contribution in [3.8, 4) is 11.8 Å². The molecule has 2 aliphatic rings. The maximum absolute atomic E-state index is 12.3. The average Bonchev–Trinajstić information content (AvgIpc) is 3.48. The van der Waals surface area contributed by atoms with E-state index in [9.17, 15) is 9.59 Å². The Balaban J connectivity index is 1.29. The van der Waals surface area contributed by atoms with Crippen LogP contribution >= 0.6 is 0 Å². The molecule has 2 aromatic rings. The van der Waals surface area contributed by atoms with Gasteiger partial charge < -0.3 is 16.2 Å². The van der Waals surface area contributed by atoms with Crippen molar-refractivity contribution in [3.05, 3.63) is 70.8 Å². The maximum atomic E-state index is 12.3. The number of aliphatic hydroxyl groups excluding tert-OH is 1. The van der Waals surface area contributed by atoms with Gasteiger partial charge in [-0.15, -0.1) is 0 Å². The van der Waals surface area contributed by atoms with Crippen LogP contribution in [-0.4, -0.2) is 36.0 Å². The van der Waals surface area contributed by atoms with Crippen LogP contribution < -0.4 is 11.1 Å². The molecule has 2 fully saturated rings. The zero-order valence-corrected chi connectivity index (χ0v) is 18.9. The maximum Gasteiger partial charge on any atom is 0.251 e. The molecular weight excluding hydrogens is 412 g/mol. The van der Waals surface area contributed by atoms with Gasteiger partial charge in [0.1, 0.15) is 12.6 Å². The lowest BCUT2D eigenvalue weighted by Crippen LogP contribution is -2.46. The molecule has 2 aromatic carbocycles. The summed E-state index contributed by atoms with van der Waals surface area (Å²) >= 11 is 0. The number of ketones is 1. The second-order valence-corrected chi connectivity index (χ2v) is 9.38. The molecule has 0 spiro atoms. The molecule has 2 bridgehead atoms. The summed E-state index contributed by atoms with van der Waals surface area (Å²) in [6, 6.07) is 14.5. The summed E-state index contributed by atoms with van der Waals surface area (Å²) in [7, 11) is 0. The summed E-state index contributed by atoms with van der Waals surface area (Å²) in [5.74, 6) is 8.33. The average molecular weight is 445 g/mol. The Morgan fingerprint density at radius 2 is 1.67 bits per heavy atom. The van der Waals surface area contributed by atoms with Crippen LogP contribution in [0, 0.1) is 29.6 Å². The molecule has 0 heterocycles. The van der Waals surface area contributed by atoms with Gasteiger partial charge in [0.25, 0.3) is 5.91 Å². The molecule has 0 radical (unpaired) electrons. The molecule has 0 aromatic heterocycles. The van der Waals surface area contributed by atoms with E-state index in [0.29, 0.717) is 5.56 Å². The number of hydrogen-bond donors (Lipinski definition) is 3. The van der Waals surface area contributed by atoms with Crippen LogP contribution in [0.2, 0.25) is 0 Å². The van der Waals surface area contributed by atoms with E-state index in [-0.39, 0.29) is 6.54 Å². The molecule has 33 heavy (non-hydrogen) atoms. The van der Waals surface area contributed by atoms with Crippen LogP contribution in [0.1, 0.15) is 59.2 Å². The summed E-state index contributed by atoms with van der Waals surface area (Å²) in [4.78, 5) is 23.9. The van der Waals surface area contributed by atoms with Gasteiger partial charge >= 0.3 is 0 Å². The minimum atomic E-state index is -0.891. The fourth-order valence-electron chi connectivity index (χ4n) is 5.31. The lowest BCUT2D eigenvalue weighted by Gasteiger charge is -2.21. The van der Waals surface area contributed by atoms with E-state index in [0.717, 1.165) is 35.3 Å². The molecule has 4 atom stereocenters. The van der Waals surface area contributed by atoms with Crippen molar-refractivity contribution >= 4 is 11.7 Å². The molecule has 172 valence electrons. The SMILES string of the molecule is NC[C@H](NC(=O)c1ccc(C#Cc2ccc(CC[C@@H]3C[C@H]4CC[C@@H]3C4)cc2)cc1)C(=O)CO. The van der Waals surface area contributed by atoms with E-state index >= 15 is 0 Å². The topological polar surface area (TPSA) is 92.4 Å². The Morgan fingerprint density at radius 1 is 1.00 bits per heavy atom. The van der Waals surface area contributed by atoms with Gasteiger partial charge in [-0.3, -0.25) is 9.59 Å². The molecule has 0 saturated heterocycles. The second kappa shape index (κ2) is 10.8. The van der Waals surface area contributed by atoms with E-state index in [4.69, 9.17) is 10.8 Å². The number of carbonyl (C=O) groups is 2. The molecule has 0 unspecified atom stereocenters. The zero-order valence-electron chi connectivity index (χ0n) is 18.9. The van der Waals surface area contributed by atoms with E-state index in [1.165, 1.54) is 37.7 Å². The van der Waals surface area contributed by atoms with Gasteiger partial charge in [-0.05, 0) is 91.8 Å². The van der Waals surface area contributed by atoms with Gasteiger partial charge in [0.05, 0.1) is 0 Å². The van der Waals surface area contributed by atoms with Crippen molar-refractivity contribution in [2.24, 2.45) is 23.5 Å². The third-order valence-electron chi connectivity index (χ3n) is 7.23. The number of nitrogens with two attached hydrogens (primary N) is 1. The Bertz CT molecular complexity index is 1030. The molecular formula is C28H32N2O3. The Morgan fingerprint density at radius 3 is 2.21 bits per heavy atom. The first kappa shape index (κ1) is 23.2. The van der Waals surface area contributed by atoms with Crippen molar-refractivity contribution in [2.75, 3.05) is 13.2 Å². The van der Waals surface area contributed by atoms with Crippen LogP contribution in [0.15, 0.2) is 48.5 Å². The van der Waals surface area contributed by atoms with Gasteiger partial charge in [0, 0.05) is 23.2 Å². The molecule has 4 rings (SSSR count). The molecule has 2 saturated carbocycles. The van der Waals surface area contributed by atoms with Crippen LogP contribution in [0.25, 0.3) is 0 Å². The van der Waals surface area contributed by atoms with Crippen molar-refractivity contribution in [3.63, 3.8) is 0 Å². The van der Waals surface area contributed by atoms with Crippen molar-refractivity contribution in [1.29, 1.82) is 0 Å². The van der Waals surface area contributed by atoms with E-state index in [1.54, 1.807) is 24.3 Å². The first-order valence-corrected chi connectivity index (χ1v) is 11.9. The van der Waals surface area contributed by atoms with Crippen molar-refractivity contribution < 1.29 is 14.7 Å². The number of Topliss-reactive ketones (excluding diaryl/α,β-unsaturated/α-hetero) is 1. The fraction of sp³-hybridized carbons (Fsp3) is 0.429. The van der Waals surface area contributed by atoms with Crippen LogP contribution in [0.5, 0.6) is 0 Å². The molecule has 5 heteroatoms. The Labute approximate surface area is 195 Å². The van der Waals surface area contributed by atoms with Gasteiger partial charge in [0.2, 0.25) is 0 Å². The van der Waals surface area contributed by atoms with E-state index in [1.807, 2.05) is 0 Å². The van der Waals surface area contributed by atoms with E-state index in [2.05, 4.69) is 41.4 Å². The number of hydrogen-bond acceptors (Lipinski definition) is 4. The number of aryl methyl sites for hydroxylation is 1. The van der Waals surface area contributed by atoms with Crippen LogP contribution in [0.4, 0.5) is 0 Å². The first-order valence-electron chi connectivity index (χ1n) is 11.9. The summed E-state index contributed by atoms with van der Waals surface area (Å²) in [6.45, 7) is -0.714. The first-order chi connectivity index (χ1) is 16.1. The third-order valence-corrected chi connectivity index (χ3v) is 7.23. The van der Waals surface area contributed by atoms with Gasteiger partial charge in [-0.2, -0.15) is 0 Å². The van der Waals surface area contributed by atoms with Crippen LogP contribution in [0.3, 0.4) is 0 Å². The summed E-state index contributed by atoms with van der Waals surface area (Å²) < 4.78 is 0. The molecule has 0 aliphatic heterocycles. The molecule has 4 N–H and O–H groups in total. The highest BCUT2D eigenvalue weighted by atomic mass is 16.3. The van der Waals surface area contributed by atoms with Crippen molar-refractivity contribution in [1.82, 2.24) is 5.32 Å². The number of rotatable bonds is 8. The number of benzene rings is 2. The summed E-state index contributed by atoms with van der Waals surface area (Å²) in [5.41, 5.74) is 9.05. The van der Waals surface area contributed by atoms with Gasteiger partial charge in [-0.25, -0.2) is 0 Å². The highest BCUT2D eigenvalue weighted by Crippen LogP contribution is 2.49. The predicted molar refractivity (Wildman–Crippen MR) is 129 cm³/mol. The van der Waals surface area contributed by atoms with Gasteiger partial charge in [-0.1, -0.05) is 30.4 Å².